The summed E-state index contributed by atoms with van der Waals surface area (Å²) in [5, 5.41) is 3.11. The minimum atomic E-state index is -2.86. The molecule has 0 aromatic heterocycles. The number of nitrogens with one attached hydrogen (secondary N) is 1. The van der Waals surface area contributed by atoms with Crippen LogP contribution in [0, 0.1) is 5.92 Å². The van der Waals surface area contributed by atoms with Crippen LogP contribution < -0.4 is 5.32 Å². The Labute approximate surface area is 88.2 Å². The van der Waals surface area contributed by atoms with Crippen LogP contribution in [0.2, 0.25) is 0 Å². The van der Waals surface area contributed by atoms with Gasteiger partial charge < -0.3 is 5.32 Å². The summed E-state index contributed by atoms with van der Waals surface area (Å²) in [7, 11) is -2.86. The van der Waals surface area contributed by atoms with Gasteiger partial charge in [-0.25, -0.2) is 8.42 Å². The maximum atomic E-state index is 11.6. The largest absolute Gasteiger partial charge is 0.314 e. The van der Waals surface area contributed by atoms with E-state index in [1.165, 1.54) is 0 Å². The summed E-state index contributed by atoms with van der Waals surface area (Å²) in [5.41, 5.74) is 0. The van der Waals surface area contributed by atoms with E-state index in [1.807, 2.05) is 27.7 Å². The standard InChI is InChI=1S/C10H23NO2S/c1-5-11-10(4)8-14(12,13)7-6-9(2)3/h9-11H,5-8H2,1-4H3. The van der Waals surface area contributed by atoms with Crippen LogP contribution in [-0.2, 0) is 9.84 Å². The van der Waals surface area contributed by atoms with Gasteiger partial charge in [-0.15, -0.1) is 0 Å². The van der Waals surface area contributed by atoms with Gasteiger partial charge in [-0.3, -0.25) is 0 Å². The van der Waals surface area contributed by atoms with Crippen molar-refractivity contribution in [1.82, 2.24) is 5.32 Å². The smallest absolute Gasteiger partial charge is 0.151 e. The fraction of sp³-hybridized carbons (Fsp3) is 1.00. The van der Waals surface area contributed by atoms with Gasteiger partial charge in [0.25, 0.3) is 0 Å². The SMILES string of the molecule is CCNC(C)CS(=O)(=O)CCC(C)C. The molecule has 0 fully saturated rings. The molecule has 0 aromatic rings. The van der Waals surface area contributed by atoms with E-state index in [-0.39, 0.29) is 11.8 Å². The third-order valence-corrected chi connectivity index (χ3v) is 3.93. The van der Waals surface area contributed by atoms with Gasteiger partial charge in [-0.05, 0) is 25.8 Å². The molecule has 14 heavy (non-hydrogen) atoms. The zero-order chi connectivity index (χ0) is 11.2. The van der Waals surface area contributed by atoms with E-state index in [2.05, 4.69) is 5.32 Å². The van der Waals surface area contributed by atoms with Crippen LogP contribution in [0.4, 0.5) is 0 Å². The Morgan fingerprint density at radius 1 is 1.21 bits per heavy atom. The van der Waals surface area contributed by atoms with E-state index >= 15 is 0 Å². The molecule has 0 amide bonds. The van der Waals surface area contributed by atoms with Crippen molar-refractivity contribution in [1.29, 1.82) is 0 Å². The average Bonchev–Trinajstić information content (AvgIpc) is 2.00. The van der Waals surface area contributed by atoms with Crippen molar-refractivity contribution in [3.63, 3.8) is 0 Å². The Morgan fingerprint density at radius 3 is 2.21 bits per heavy atom. The summed E-state index contributed by atoms with van der Waals surface area (Å²) in [4.78, 5) is 0. The summed E-state index contributed by atoms with van der Waals surface area (Å²) in [5.74, 6) is 1.03. The first-order valence-corrected chi connectivity index (χ1v) is 7.13. The van der Waals surface area contributed by atoms with E-state index in [4.69, 9.17) is 0 Å². The van der Waals surface area contributed by atoms with E-state index in [0.29, 0.717) is 11.7 Å². The lowest BCUT2D eigenvalue weighted by Gasteiger charge is -2.13. The highest BCUT2D eigenvalue weighted by molar-refractivity contribution is 7.91. The average molecular weight is 221 g/mol. The van der Waals surface area contributed by atoms with Crippen LogP contribution >= 0.6 is 0 Å². The molecule has 0 aliphatic rings. The first-order valence-electron chi connectivity index (χ1n) is 5.31. The molecule has 0 aromatic carbocycles. The van der Waals surface area contributed by atoms with Crippen LogP contribution in [0.15, 0.2) is 0 Å². The van der Waals surface area contributed by atoms with Crippen LogP contribution in [0.25, 0.3) is 0 Å². The molecule has 1 N–H and O–H groups in total. The maximum absolute atomic E-state index is 11.6. The van der Waals surface area contributed by atoms with Crippen molar-refractivity contribution < 1.29 is 8.42 Å². The molecule has 0 aliphatic carbocycles. The Kier molecular flexibility index (Phi) is 6.36. The van der Waals surface area contributed by atoms with Crippen molar-refractivity contribution in [2.45, 2.75) is 40.2 Å². The molecule has 0 bridgehead atoms. The molecule has 0 spiro atoms. The molecule has 0 aliphatic heterocycles. The number of hydrogen-bond acceptors (Lipinski definition) is 3. The van der Waals surface area contributed by atoms with E-state index in [0.717, 1.165) is 13.0 Å². The zero-order valence-electron chi connectivity index (χ0n) is 9.71. The Bertz CT molecular complexity index is 235. The highest BCUT2D eigenvalue weighted by atomic mass is 32.2. The quantitative estimate of drug-likeness (QED) is 0.707. The fourth-order valence-electron chi connectivity index (χ4n) is 1.29. The Hall–Kier alpha value is -0.0900. The van der Waals surface area contributed by atoms with Crippen molar-refractivity contribution in [3.05, 3.63) is 0 Å². The van der Waals surface area contributed by atoms with E-state index < -0.39 is 9.84 Å². The predicted octanol–water partition coefficient (Wildman–Crippen LogP) is 1.45. The van der Waals surface area contributed by atoms with Gasteiger partial charge >= 0.3 is 0 Å². The minimum Gasteiger partial charge on any atom is -0.314 e. The van der Waals surface area contributed by atoms with Gasteiger partial charge in [0.2, 0.25) is 0 Å². The highest BCUT2D eigenvalue weighted by Gasteiger charge is 2.15. The first kappa shape index (κ1) is 13.9. The lowest BCUT2D eigenvalue weighted by Crippen LogP contribution is -2.33. The zero-order valence-corrected chi connectivity index (χ0v) is 10.5. The van der Waals surface area contributed by atoms with Crippen molar-refractivity contribution >= 4 is 9.84 Å². The molecule has 3 nitrogen and oxygen atoms in total. The molecule has 0 saturated carbocycles. The van der Waals surface area contributed by atoms with E-state index in [9.17, 15) is 8.42 Å². The summed E-state index contributed by atoms with van der Waals surface area (Å²) in [6, 6.07) is 0.0668. The molecule has 0 saturated heterocycles. The van der Waals surface area contributed by atoms with Gasteiger partial charge in [0, 0.05) is 6.04 Å². The topological polar surface area (TPSA) is 46.2 Å². The van der Waals surface area contributed by atoms with Gasteiger partial charge in [-0.2, -0.15) is 0 Å². The summed E-state index contributed by atoms with van der Waals surface area (Å²) in [6.45, 7) is 8.81. The molecule has 1 unspecified atom stereocenters. The van der Waals surface area contributed by atoms with Crippen LogP contribution in [-0.4, -0.2) is 32.5 Å². The highest BCUT2D eigenvalue weighted by Crippen LogP contribution is 2.04. The molecule has 86 valence electrons. The molecule has 0 radical (unpaired) electrons. The van der Waals surface area contributed by atoms with Crippen LogP contribution in [0.3, 0.4) is 0 Å². The molecule has 1 atom stereocenters. The summed E-state index contributed by atoms with van der Waals surface area (Å²) in [6.07, 6.45) is 0.765. The minimum absolute atomic E-state index is 0.0668. The molecule has 0 rings (SSSR count). The summed E-state index contributed by atoms with van der Waals surface area (Å²) < 4.78 is 23.2. The Balaban J connectivity index is 3.95. The van der Waals surface area contributed by atoms with Gasteiger partial charge in [-0.1, -0.05) is 20.8 Å². The monoisotopic (exact) mass is 221 g/mol. The number of sulfone groups is 1. The predicted molar refractivity (Wildman–Crippen MR) is 61.2 cm³/mol. The number of rotatable bonds is 7. The lowest BCUT2D eigenvalue weighted by molar-refractivity contribution is 0.553. The number of hydrogen-bond donors (Lipinski definition) is 1. The second-order valence-electron chi connectivity index (χ2n) is 4.26. The summed E-state index contributed by atoms with van der Waals surface area (Å²) >= 11 is 0. The fourth-order valence-corrected chi connectivity index (χ4v) is 3.16. The van der Waals surface area contributed by atoms with Gasteiger partial charge in [0.05, 0.1) is 11.5 Å². The molecular weight excluding hydrogens is 198 g/mol. The molecular formula is C10H23NO2S. The third kappa shape index (κ3) is 7.33. The van der Waals surface area contributed by atoms with Crippen molar-refractivity contribution in [2.24, 2.45) is 5.92 Å². The lowest BCUT2D eigenvalue weighted by atomic mass is 10.2. The van der Waals surface area contributed by atoms with Crippen molar-refractivity contribution in [3.8, 4) is 0 Å². The molecule has 0 heterocycles. The van der Waals surface area contributed by atoms with Gasteiger partial charge in [0.1, 0.15) is 0 Å². The Morgan fingerprint density at radius 2 is 1.79 bits per heavy atom. The van der Waals surface area contributed by atoms with Crippen LogP contribution in [0.1, 0.15) is 34.1 Å². The van der Waals surface area contributed by atoms with E-state index in [1.54, 1.807) is 0 Å². The second-order valence-corrected chi connectivity index (χ2v) is 6.48. The van der Waals surface area contributed by atoms with Crippen molar-refractivity contribution in [2.75, 3.05) is 18.1 Å². The van der Waals surface area contributed by atoms with Crippen LogP contribution in [0.5, 0.6) is 0 Å². The normalized spacial score (nSPS) is 14.6. The first-order chi connectivity index (χ1) is 6.37. The molecule has 4 heteroatoms. The third-order valence-electron chi connectivity index (χ3n) is 2.06. The second kappa shape index (κ2) is 6.40. The van der Waals surface area contributed by atoms with Gasteiger partial charge in [0.15, 0.2) is 9.84 Å². The maximum Gasteiger partial charge on any atom is 0.151 e.